The quantitative estimate of drug-likeness (QED) is 0.821. The molecular weight excluding hydrogens is 323 g/mol. The molecule has 1 aliphatic heterocycles. The van der Waals surface area contributed by atoms with Crippen LogP contribution < -0.4 is 5.32 Å². The van der Waals surface area contributed by atoms with Gasteiger partial charge in [-0.15, -0.1) is 0 Å². The lowest BCUT2D eigenvalue weighted by Crippen LogP contribution is -2.46. The Balaban J connectivity index is 1.61. The average molecular weight is 348 g/mol. The summed E-state index contributed by atoms with van der Waals surface area (Å²) >= 11 is 0. The maximum atomic E-state index is 13.1. The number of carbonyl (C=O) groups excluding carboxylic acids is 2. The van der Waals surface area contributed by atoms with Crippen molar-refractivity contribution in [3.8, 4) is 0 Å². The molecule has 0 bridgehead atoms. The van der Waals surface area contributed by atoms with Crippen molar-refractivity contribution >= 4 is 11.8 Å². The fourth-order valence-electron chi connectivity index (χ4n) is 3.98. The van der Waals surface area contributed by atoms with Crippen LogP contribution in [0.3, 0.4) is 0 Å². The number of hydrogen-bond acceptors (Lipinski definition) is 3. The summed E-state index contributed by atoms with van der Waals surface area (Å²) in [5, 5.41) is 13.4. The first kappa shape index (κ1) is 17.9. The molecule has 5 nitrogen and oxygen atoms in total. The van der Waals surface area contributed by atoms with Gasteiger partial charge in [0.25, 0.3) is 0 Å². The third-order valence-electron chi connectivity index (χ3n) is 5.47. The molecule has 2 amide bonds. The van der Waals surface area contributed by atoms with Crippen LogP contribution >= 0.6 is 0 Å². The summed E-state index contributed by atoms with van der Waals surface area (Å²) in [6, 6.07) is 6.30. The highest BCUT2D eigenvalue weighted by atomic mass is 19.1. The molecule has 2 N–H and O–H groups in total. The van der Waals surface area contributed by atoms with Gasteiger partial charge >= 0.3 is 0 Å². The van der Waals surface area contributed by atoms with E-state index in [4.69, 9.17) is 0 Å². The van der Waals surface area contributed by atoms with Crippen LogP contribution in [0.1, 0.15) is 37.7 Å². The van der Waals surface area contributed by atoms with Crippen LogP contribution in [-0.4, -0.2) is 47.6 Å². The molecule has 0 spiro atoms. The Bertz CT molecular complexity index is 634. The molecule has 1 heterocycles. The van der Waals surface area contributed by atoms with E-state index in [1.54, 1.807) is 17.0 Å². The number of hydrogen-bond donors (Lipinski definition) is 2. The average Bonchev–Trinajstić information content (AvgIpc) is 3.15. The largest absolute Gasteiger partial charge is 0.392 e. The van der Waals surface area contributed by atoms with Crippen LogP contribution in [0.2, 0.25) is 0 Å². The van der Waals surface area contributed by atoms with E-state index in [1.807, 2.05) is 0 Å². The molecule has 1 aromatic rings. The summed E-state index contributed by atoms with van der Waals surface area (Å²) in [6.07, 6.45) is 3.85. The van der Waals surface area contributed by atoms with Gasteiger partial charge in [-0.1, -0.05) is 18.6 Å². The van der Waals surface area contributed by atoms with E-state index < -0.39 is 11.5 Å². The van der Waals surface area contributed by atoms with E-state index in [1.165, 1.54) is 12.1 Å². The van der Waals surface area contributed by atoms with Gasteiger partial charge in [-0.2, -0.15) is 0 Å². The summed E-state index contributed by atoms with van der Waals surface area (Å²) in [4.78, 5) is 25.4. The van der Waals surface area contributed by atoms with Crippen molar-refractivity contribution in [1.82, 2.24) is 10.2 Å². The predicted molar refractivity (Wildman–Crippen MR) is 91.2 cm³/mol. The molecule has 2 aliphatic rings. The number of aliphatic hydroxyl groups excluding tert-OH is 1. The highest BCUT2D eigenvalue weighted by Crippen LogP contribution is 2.40. The van der Waals surface area contributed by atoms with E-state index in [2.05, 4.69) is 5.32 Å². The van der Waals surface area contributed by atoms with Gasteiger partial charge in [-0.25, -0.2) is 4.39 Å². The molecule has 1 saturated carbocycles. The Hall–Kier alpha value is -1.95. The minimum atomic E-state index is -0.494. The Kier molecular flexibility index (Phi) is 5.37. The van der Waals surface area contributed by atoms with E-state index in [-0.39, 0.29) is 24.2 Å². The Morgan fingerprint density at radius 1 is 1.32 bits per heavy atom. The van der Waals surface area contributed by atoms with Gasteiger partial charge in [0.2, 0.25) is 11.8 Å². The molecule has 2 fully saturated rings. The second-order valence-corrected chi connectivity index (χ2v) is 7.27. The molecule has 1 aromatic carbocycles. The lowest BCUT2D eigenvalue weighted by atomic mass is 9.78. The third kappa shape index (κ3) is 4.18. The summed E-state index contributed by atoms with van der Waals surface area (Å²) in [6.45, 7) is 1.09. The van der Waals surface area contributed by atoms with E-state index in [0.29, 0.717) is 32.4 Å². The molecule has 2 atom stereocenters. The fraction of sp³-hybridized carbons (Fsp3) is 0.579. The number of nitrogens with zero attached hydrogens (tertiary/aromatic N) is 1. The summed E-state index contributed by atoms with van der Waals surface area (Å²) in [7, 11) is 0. The van der Waals surface area contributed by atoms with Gasteiger partial charge in [0.05, 0.1) is 12.6 Å². The molecule has 25 heavy (non-hydrogen) atoms. The minimum Gasteiger partial charge on any atom is -0.392 e. The number of benzene rings is 1. The molecule has 0 unspecified atom stereocenters. The minimum absolute atomic E-state index is 0.0251. The first-order chi connectivity index (χ1) is 12.0. The van der Waals surface area contributed by atoms with E-state index >= 15 is 0 Å². The van der Waals surface area contributed by atoms with E-state index in [9.17, 15) is 19.1 Å². The zero-order chi connectivity index (χ0) is 17.9. The summed E-state index contributed by atoms with van der Waals surface area (Å²) in [5.41, 5.74) is 0.522. The van der Waals surface area contributed by atoms with Gasteiger partial charge in [0.1, 0.15) is 5.82 Å². The van der Waals surface area contributed by atoms with Gasteiger partial charge in [0.15, 0.2) is 0 Å². The second-order valence-electron chi connectivity index (χ2n) is 7.27. The van der Waals surface area contributed by atoms with Gasteiger partial charge in [-0.05, 0) is 43.4 Å². The van der Waals surface area contributed by atoms with Gasteiger partial charge < -0.3 is 15.3 Å². The molecule has 1 saturated heterocycles. The van der Waals surface area contributed by atoms with Crippen LogP contribution in [0.25, 0.3) is 0 Å². The van der Waals surface area contributed by atoms with Crippen molar-refractivity contribution in [2.75, 3.05) is 19.6 Å². The number of likely N-dealkylation sites (tertiary alicyclic amines) is 1. The Morgan fingerprint density at radius 2 is 2.08 bits per heavy atom. The Labute approximate surface area is 147 Å². The SMILES string of the molecule is O=C(CN1CCCC1=O)NC[C@]1(Cc2ccc(F)cc2)CCC[C@@H]1O. The molecule has 136 valence electrons. The molecule has 6 heteroatoms. The first-order valence-electron chi connectivity index (χ1n) is 8.95. The van der Waals surface area contributed by atoms with Crippen molar-refractivity contribution in [1.29, 1.82) is 0 Å². The van der Waals surface area contributed by atoms with Crippen molar-refractivity contribution in [3.05, 3.63) is 35.6 Å². The number of rotatable bonds is 6. The van der Waals surface area contributed by atoms with Crippen molar-refractivity contribution in [2.45, 2.75) is 44.6 Å². The molecule has 0 aromatic heterocycles. The number of amides is 2. The van der Waals surface area contributed by atoms with Crippen molar-refractivity contribution < 1.29 is 19.1 Å². The van der Waals surface area contributed by atoms with E-state index in [0.717, 1.165) is 24.8 Å². The van der Waals surface area contributed by atoms with Crippen LogP contribution in [0, 0.1) is 11.2 Å². The zero-order valence-corrected chi connectivity index (χ0v) is 14.3. The number of aliphatic hydroxyl groups is 1. The van der Waals surface area contributed by atoms with Crippen molar-refractivity contribution in [2.24, 2.45) is 5.41 Å². The maximum absolute atomic E-state index is 13.1. The highest BCUT2D eigenvalue weighted by molar-refractivity contribution is 5.85. The standard InChI is InChI=1S/C19H25FN2O3/c20-15-7-5-14(6-8-15)11-19(9-1-3-16(19)23)13-21-17(24)12-22-10-2-4-18(22)25/h5-8,16,23H,1-4,9-13H2,(H,21,24)/t16-,19+/m0/s1. The Morgan fingerprint density at radius 3 is 2.68 bits per heavy atom. The molecule has 1 aliphatic carbocycles. The highest BCUT2D eigenvalue weighted by Gasteiger charge is 2.42. The molecule has 0 radical (unpaired) electrons. The lowest BCUT2D eigenvalue weighted by Gasteiger charge is -2.33. The summed E-state index contributed by atoms with van der Waals surface area (Å²) < 4.78 is 13.1. The normalized spacial score (nSPS) is 26.2. The lowest BCUT2D eigenvalue weighted by molar-refractivity contribution is -0.133. The van der Waals surface area contributed by atoms with Gasteiger partial charge in [0, 0.05) is 24.9 Å². The summed E-state index contributed by atoms with van der Waals surface area (Å²) in [5.74, 6) is -0.446. The molecular formula is C19H25FN2O3. The fourth-order valence-corrected chi connectivity index (χ4v) is 3.98. The number of carbonyl (C=O) groups is 2. The molecule has 3 rings (SSSR count). The zero-order valence-electron chi connectivity index (χ0n) is 14.3. The van der Waals surface area contributed by atoms with Crippen LogP contribution in [0.5, 0.6) is 0 Å². The smallest absolute Gasteiger partial charge is 0.239 e. The first-order valence-corrected chi connectivity index (χ1v) is 8.95. The topological polar surface area (TPSA) is 69.6 Å². The van der Waals surface area contributed by atoms with Crippen molar-refractivity contribution in [3.63, 3.8) is 0 Å². The number of halogens is 1. The van der Waals surface area contributed by atoms with Crippen LogP contribution in [-0.2, 0) is 16.0 Å². The maximum Gasteiger partial charge on any atom is 0.239 e. The van der Waals surface area contributed by atoms with Crippen LogP contribution in [0.4, 0.5) is 4.39 Å². The monoisotopic (exact) mass is 348 g/mol. The second kappa shape index (κ2) is 7.52. The number of nitrogens with one attached hydrogen (secondary N) is 1. The van der Waals surface area contributed by atoms with Crippen LogP contribution in [0.15, 0.2) is 24.3 Å². The third-order valence-corrected chi connectivity index (χ3v) is 5.47. The van der Waals surface area contributed by atoms with Gasteiger partial charge in [-0.3, -0.25) is 9.59 Å². The predicted octanol–water partition coefficient (Wildman–Crippen LogP) is 1.64.